The Morgan fingerprint density at radius 2 is 1.83 bits per heavy atom. The summed E-state index contributed by atoms with van der Waals surface area (Å²) in [5, 5.41) is 3.05. The van der Waals surface area contributed by atoms with Gasteiger partial charge in [0.25, 0.3) is 0 Å². The highest BCUT2D eigenvalue weighted by molar-refractivity contribution is 6.31. The molecule has 8 heteroatoms. The largest absolute Gasteiger partial charge is 0.488 e. The molecule has 2 aromatic carbocycles. The highest BCUT2D eigenvalue weighted by atomic mass is 35.5. The van der Waals surface area contributed by atoms with Gasteiger partial charge in [-0.3, -0.25) is 5.32 Å². The Balaban J connectivity index is 1.58. The first kappa shape index (κ1) is 21.8. The first-order valence-corrected chi connectivity index (χ1v) is 10.0. The van der Waals surface area contributed by atoms with Crippen molar-refractivity contribution in [2.45, 2.75) is 38.9 Å². The zero-order valence-corrected chi connectivity index (χ0v) is 17.9. The van der Waals surface area contributed by atoms with Crippen LogP contribution in [-0.2, 0) is 4.74 Å². The number of benzene rings is 2. The Morgan fingerprint density at radius 3 is 2.53 bits per heavy atom. The summed E-state index contributed by atoms with van der Waals surface area (Å²) >= 11 is 6.17. The molecule has 1 unspecified atom stereocenters. The fourth-order valence-corrected chi connectivity index (χ4v) is 3.18. The van der Waals surface area contributed by atoms with Crippen molar-refractivity contribution in [1.29, 1.82) is 0 Å². The number of rotatable bonds is 4. The number of likely N-dealkylation sites (tertiary alicyclic amines) is 1. The quantitative estimate of drug-likeness (QED) is 0.705. The van der Waals surface area contributed by atoms with Crippen LogP contribution in [0.1, 0.15) is 27.2 Å². The lowest BCUT2D eigenvalue weighted by Crippen LogP contribution is -2.36. The first-order chi connectivity index (χ1) is 14.2. The molecule has 1 saturated heterocycles. The molecule has 1 atom stereocenters. The lowest BCUT2D eigenvalue weighted by atomic mass is 10.2. The Hall–Kier alpha value is -2.93. The molecule has 3 rings (SSSR count). The third-order valence-corrected chi connectivity index (χ3v) is 4.39. The molecule has 1 aliphatic heterocycles. The van der Waals surface area contributed by atoms with Crippen LogP contribution in [0.2, 0.25) is 5.02 Å². The number of para-hydroxylation sites is 1. The summed E-state index contributed by atoms with van der Waals surface area (Å²) in [5.74, 6) is 0.926. The number of halogens is 1. The molecule has 1 fully saturated rings. The molecule has 0 bridgehead atoms. The Bertz CT molecular complexity index is 898. The second-order valence-electron chi connectivity index (χ2n) is 7.96. The monoisotopic (exact) mass is 432 g/mol. The van der Waals surface area contributed by atoms with Crippen molar-refractivity contribution in [1.82, 2.24) is 4.90 Å². The molecule has 1 N–H and O–H groups in total. The van der Waals surface area contributed by atoms with Crippen LogP contribution in [0.4, 0.5) is 15.3 Å². The van der Waals surface area contributed by atoms with Gasteiger partial charge in [-0.2, -0.15) is 0 Å². The molecule has 1 aliphatic rings. The normalized spacial score (nSPS) is 16.1. The van der Waals surface area contributed by atoms with Gasteiger partial charge in [0.15, 0.2) is 0 Å². The van der Waals surface area contributed by atoms with Gasteiger partial charge in [-0.25, -0.2) is 9.59 Å². The van der Waals surface area contributed by atoms with E-state index in [0.717, 1.165) is 0 Å². The molecule has 30 heavy (non-hydrogen) atoms. The summed E-state index contributed by atoms with van der Waals surface area (Å²) < 4.78 is 16.6. The number of carbonyl (C=O) groups excluding carboxylic acids is 2. The number of nitrogens with zero attached hydrogens (tertiary/aromatic N) is 1. The number of nitrogens with one attached hydrogen (secondary N) is 1. The molecule has 2 amide bonds. The first-order valence-electron chi connectivity index (χ1n) is 9.67. The molecule has 1 heterocycles. The fourth-order valence-electron chi connectivity index (χ4n) is 2.95. The third kappa shape index (κ3) is 6.56. The van der Waals surface area contributed by atoms with E-state index < -0.39 is 11.7 Å². The van der Waals surface area contributed by atoms with E-state index in [0.29, 0.717) is 41.7 Å². The number of hydrogen-bond donors (Lipinski definition) is 1. The smallest absolute Gasteiger partial charge is 0.417 e. The van der Waals surface area contributed by atoms with E-state index in [2.05, 4.69) is 5.32 Å². The lowest BCUT2D eigenvalue weighted by Gasteiger charge is -2.24. The second kappa shape index (κ2) is 9.26. The van der Waals surface area contributed by atoms with E-state index in [-0.39, 0.29) is 12.2 Å². The predicted octanol–water partition coefficient (Wildman–Crippen LogP) is 5.34. The van der Waals surface area contributed by atoms with Gasteiger partial charge in [-0.15, -0.1) is 0 Å². The highest BCUT2D eigenvalue weighted by Crippen LogP contribution is 2.27. The van der Waals surface area contributed by atoms with E-state index in [9.17, 15) is 9.59 Å². The van der Waals surface area contributed by atoms with Crippen LogP contribution >= 0.6 is 11.6 Å². The van der Waals surface area contributed by atoms with Crippen molar-refractivity contribution < 1.29 is 23.8 Å². The van der Waals surface area contributed by atoms with Gasteiger partial charge in [-0.1, -0.05) is 29.8 Å². The van der Waals surface area contributed by atoms with E-state index in [1.807, 2.05) is 26.8 Å². The number of ether oxygens (including phenoxy) is 3. The molecule has 0 saturated carbocycles. The Labute approximate surface area is 180 Å². The van der Waals surface area contributed by atoms with Crippen molar-refractivity contribution in [3.8, 4) is 11.5 Å². The molecule has 0 spiro atoms. The molecule has 160 valence electrons. The third-order valence-electron chi connectivity index (χ3n) is 4.17. The number of carbonyl (C=O) groups is 2. The Kier molecular flexibility index (Phi) is 6.72. The van der Waals surface area contributed by atoms with Crippen molar-refractivity contribution in [3.05, 3.63) is 53.6 Å². The van der Waals surface area contributed by atoms with Gasteiger partial charge in [-0.05, 0) is 45.0 Å². The van der Waals surface area contributed by atoms with Crippen LogP contribution in [0, 0.1) is 0 Å². The van der Waals surface area contributed by atoms with Gasteiger partial charge in [0.1, 0.15) is 23.2 Å². The van der Waals surface area contributed by atoms with E-state index >= 15 is 0 Å². The molecule has 2 aromatic rings. The van der Waals surface area contributed by atoms with Gasteiger partial charge in [0.2, 0.25) is 0 Å². The standard InChI is InChI=1S/C22H25ClN2O5/c1-22(2,3)30-21(27)25-10-9-18(14-25)28-19-12-15(23)11-16(13-19)24-20(26)29-17-7-5-4-6-8-17/h4-8,11-13,18H,9-10,14H2,1-3H3,(H,24,26). The minimum absolute atomic E-state index is 0.194. The van der Waals surface area contributed by atoms with E-state index in [4.69, 9.17) is 25.8 Å². The van der Waals surface area contributed by atoms with Crippen LogP contribution in [0.25, 0.3) is 0 Å². The summed E-state index contributed by atoms with van der Waals surface area (Å²) in [6, 6.07) is 13.7. The van der Waals surface area contributed by atoms with Gasteiger partial charge in [0, 0.05) is 29.7 Å². The summed E-state index contributed by atoms with van der Waals surface area (Å²) in [6.07, 6.45) is -0.512. The average molecular weight is 433 g/mol. The van der Waals surface area contributed by atoms with Crippen molar-refractivity contribution in [2.75, 3.05) is 18.4 Å². The van der Waals surface area contributed by atoms with Crippen LogP contribution < -0.4 is 14.8 Å². The van der Waals surface area contributed by atoms with E-state index in [1.165, 1.54) is 0 Å². The minimum atomic E-state index is -0.633. The van der Waals surface area contributed by atoms with Crippen LogP contribution in [-0.4, -0.2) is 41.9 Å². The van der Waals surface area contributed by atoms with Crippen LogP contribution in [0.3, 0.4) is 0 Å². The Morgan fingerprint density at radius 1 is 1.10 bits per heavy atom. The lowest BCUT2D eigenvalue weighted by molar-refractivity contribution is 0.0275. The summed E-state index contributed by atoms with van der Waals surface area (Å²) in [7, 11) is 0. The predicted molar refractivity (Wildman–Crippen MR) is 114 cm³/mol. The van der Waals surface area contributed by atoms with Crippen molar-refractivity contribution >= 4 is 29.5 Å². The fraction of sp³-hybridized carbons (Fsp3) is 0.364. The molecule has 0 aromatic heterocycles. The second-order valence-corrected chi connectivity index (χ2v) is 8.39. The summed E-state index contributed by atoms with van der Waals surface area (Å²) in [5.41, 5.74) is -0.0989. The van der Waals surface area contributed by atoms with Gasteiger partial charge < -0.3 is 19.1 Å². The minimum Gasteiger partial charge on any atom is -0.488 e. The van der Waals surface area contributed by atoms with Crippen LogP contribution in [0.15, 0.2) is 48.5 Å². The number of amides is 2. The molecule has 7 nitrogen and oxygen atoms in total. The highest BCUT2D eigenvalue weighted by Gasteiger charge is 2.31. The van der Waals surface area contributed by atoms with Crippen molar-refractivity contribution in [3.63, 3.8) is 0 Å². The number of anilines is 1. The number of hydrogen-bond acceptors (Lipinski definition) is 5. The van der Waals surface area contributed by atoms with Crippen molar-refractivity contribution in [2.24, 2.45) is 0 Å². The topological polar surface area (TPSA) is 77.1 Å². The molecule has 0 aliphatic carbocycles. The molecular weight excluding hydrogens is 408 g/mol. The SMILES string of the molecule is CC(C)(C)OC(=O)N1CCC(Oc2cc(Cl)cc(NC(=O)Oc3ccccc3)c2)C1. The summed E-state index contributed by atoms with van der Waals surface area (Å²) in [4.78, 5) is 25.9. The maximum Gasteiger partial charge on any atom is 0.417 e. The summed E-state index contributed by atoms with van der Waals surface area (Å²) in [6.45, 7) is 6.46. The van der Waals surface area contributed by atoms with Gasteiger partial charge >= 0.3 is 12.2 Å². The average Bonchev–Trinajstić information content (AvgIpc) is 3.09. The zero-order chi connectivity index (χ0) is 21.7. The zero-order valence-electron chi connectivity index (χ0n) is 17.2. The maximum atomic E-state index is 12.2. The van der Waals surface area contributed by atoms with E-state index in [1.54, 1.807) is 47.4 Å². The van der Waals surface area contributed by atoms with Gasteiger partial charge in [0.05, 0.1) is 6.54 Å². The molecule has 0 radical (unpaired) electrons. The van der Waals surface area contributed by atoms with Crippen LogP contribution in [0.5, 0.6) is 11.5 Å². The molecular formula is C22H25ClN2O5. The maximum absolute atomic E-state index is 12.2.